The van der Waals surface area contributed by atoms with Crippen LogP contribution in [0.25, 0.3) is 0 Å². The molecule has 1 aliphatic heterocycles. The molecule has 0 amide bonds. The molecule has 0 N–H and O–H groups in total. The van der Waals surface area contributed by atoms with Crippen LogP contribution in [0.4, 0.5) is 0 Å². The molecule has 1 aliphatic rings. The van der Waals surface area contributed by atoms with E-state index < -0.39 is 0 Å². The number of rotatable bonds is 10. The van der Waals surface area contributed by atoms with Crippen molar-refractivity contribution in [3.05, 3.63) is 45.8 Å². The summed E-state index contributed by atoms with van der Waals surface area (Å²) in [5.41, 5.74) is 1.31. The standard InChI is InChI=1S/C20H29ClS/c1-2-3-4-5-11-18(20-15-9-16-22-20)13-8-12-17-10-6-7-14-19(17)21/h6-7,10,14-15,18H,2-5,8-9,11-13,16H2,1H3. The monoisotopic (exact) mass is 336 g/mol. The largest absolute Gasteiger partial charge is 0.130 e. The van der Waals surface area contributed by atoms with Gasteiger partial charge >= 0.3 is 0 Å². The summed E-state index contributed by atoms with van der Waals surface area (Å²) >= 11 is 8.37. The summed E-state index contributed by atoms with van der Waals surface area (Å²) in [5, 5.41) is 0.927. The smallest absolute Gasteiger partial charge is 0.0437 e. The minimum Gasteiger partial charge on any atom is -0.130 e. The molecule has 22 heavy (non-hydrogen) atoms. The molecule has 1 unspecified atom stereocenters. The van der Waals surface area contributed by atoms with Crippen LogP contribution in [0.3, 0.4) is 0 Å². The highest BCUT2D eigenvalue weighted by molar-refractivity contribution is 8.03. The zero-order valence-electron chi connectivity index (χ0n) is 13.8. The third-order valence-electron chi connectivity index (χ3n) is 4.50. The third-order valence-corrected chi connectivity index (χ3v) is 6.14. The molecule has 1 atom stereocenters. The van der Waals surface area contributed by atoms with Crippen molar-refractivity contribution in [2.75, 3.05) is 5.75 Å². The zero-order chi connectivity index (χ0) is 15.6. The first-order chi connectivity index (χ1) is 10.8. The zero-order valence-corrected chi connectivity index (χ0v) is 15.4. The minimum absolute atomic E-state index is 0.798. The lowest BCUT2D eigenvalue weighted by Crippen LogP contribution is -2.03. The summed E-state index contributed by atoms with van der Waals surface area (Å²) in [4.78, 5) is 1.68. The van der Waals surface area contributed by atoms with Gasteiger partial charge in [-0.15, -0.1) is 11.8 Å². The van der Waals surface area contributed by atoms with E-state index in [1.165, 1.54) is 62.7 Å². The van der Waals surface area contributed by atoms with Crippen molar-refractivity contribution >= 4 is 23.4 Å². The van der Waals surface area contributed by atoms with Crippen molar-refractivity contribution in [2.45, 2.75) is 64.7 Å². The number of hydrogen-bond acceptors (Lipinski definition) is 1. The molecule has 0 bridgehead atoms. The predicted octanol–water partition coefficient (Wildman–Crippen LogP) is 7.27. The molecular formula is C20H29ClS. The minimum atomic E-state index is 0.798. The van der Waals surface area contributed by atoms with Crippen molar-refractivity contribution in [1.82, 2.24) is 0 Å². The number of allylic oxidation sites excluding steroid dienone is 2. The Bertz CT molecular complexity index is 467. The van der Waals surface area contributed by atoms with Gasteiger partial charge in [-0.2, -0.15) is 0 Å². The average Bonchev–Trinajstić information content (AvgIpc) is 3.06. The van der Waals surface area contributed by atoms with Crippen LogP contribution in [0.15, 0.2) is 35.2 Å². The molecule has 1 aromatic carbocycles. The maximum absolute atomic E-state index is 6.27. The number of halogens is 1. The summed E-state index contributed by atoms with van der Waals surface area (Å²) in [5.74, 6) is 2.09. The molecule has 122 valence electrons. The Labute approximate surface area is 145 Å². The first-order valence-corrected chi connectivity index (χ1v) is 10.2. The van der Waals surface area contributed by atoms with Gasteiger partial charge in [-0.05, 0) is 54.6 Å². The second-order valence-electron chi connectivity index (χ2n) is 6.27. The molecular weight excluding hydrogens is 308 g/mol. The van der Waals surface area contributed by atoms with E-state index in [4.69, 9.17) is 11.6 Å². The Balaban J connectivity index is 1.80. The van der Waals surface area contributed by atoms with E-state index in [9.17, 15) is 0 Å². The molecule has 0 saturated carbocycles. The molecule has 0 aliphatic carbocycles. The number of aryl methyl sites for hydroxylation is 1. The molecule has 0 fully saturated rings. The van der Waals surface area contributed by atoms with Crippen LogP contribution in [0.5, 0.6) is 0 Å². The van der Waals surface area contributed by atoms with Gasteiger partial charge in [-0.3, -0.25) is 0 Å². The van der Waals surface area contributed by atoms with Crippen LogP contribution in [0.2, 0.25) is 5.02 Å². The summed E-state index contributed by atoms with van der Waals surface area (Å²) in [6.07, 6.45) is 14.3. The molecule has 1 aromatic rings. The number of benzene rings is 1. The van der Waals surface area contributed by atoms with E-state index in [1.54, 1.807) is 4.91 Å². The van der Waals surface area contributed by atoms with Crippen molar-refractivity contribution in [1.29, 1.82) is 0 Å². The molecule has 0 aromatic heterocycles. The normalized spacial score (nSPS) is 15.8. The molecule has 0 nitrogen and oxygen atoms in total. The first kappa shape index (κ1) is 17.9. The number of hydrogen-bond donors (Lipinski definition) is 0. The van der Waals surface area contributed by atoms with Crippen LogP contribution >= 0.6 is 23.4 Å². The average molecular weight is 337 g/mol. The van der Waals surface area contributed by atoms with Crippen molar-refractivity contribution < 1.29 is 0 Å². The topological polar surface area (TPSA) is 0 Å². The summed E-state index contributed by atoms with van der Waals surface area (Å²) < 4.78 is 0. The highest BCUT2D eigenvalue weighted by Gasteiger charge is 2.17. The van der Waals surface area contributed by atoms with E-state index >= 15 is 0 Å². The molecule has 2 rings (SSSR count). The Morgan fingerprint density at radius 3 is 2.64 bits per heavy atom. The SMILES string of the molecule is CCCCCCC(CCCc1ccccc1Cl)C1=CCCS1. The van der Waals surface area contributed by atoms with E-state index in [2.05, 4.69) is 36.9 Å². The van der Waals surface area contributed by atoms with Crippen molar-refractivity contribution in [3.63, 3.8) is 0 Å². The second-order valence-corrected chi connectivity index (χ2v) is 7.85. The van der Waals surface area contributed by atoms with Gasteiger partial charge in [-0.25, -0.2) is 0 Å². The van der Waals surface area contributed by atoms with Crippen LogP contribution in [-0.4, -0.2) is 5.75 Å². The summed E-state index contributed by atoms with van der Waals surface area (Å²) in [6, 6.07) is 8.29. The third kappa shape index (κ3) is 6.01. The predicted molar refractivity (Wildman–Crippen MR) is 102 cm³/mol. The highest BCUT2D eigenvalue weighted by Crippen LogP contribution is 2.37. The Morgan fingerprint density at radius 1 is 1.09 bits per heavy atom. The fraction of sp³-hybridized carbons (Fsp3) is 0.600. The highest BCUT2D eigenvalue weighted by atomic mass is 35.5. The molecule has 0 spiro atoms. The van der Waals surface area contributed by atoms with Crippen LogP contribution in [-0.2, 0) is 6.42 Å². The maximum Gasteiger partial charge on any atom is 0.0437 e. The lowest BCUT2D eigenvalue weighted by Gasteiger charge is -2.18. The Kier molecular flexibility index (Phi) is 8.47. The molecule has 0 radical (unpaired) electrons. The summed E-state index contributed by atoms with van der Waals surface area (Å²) in [6.45, 7) is 2.29. The fourth-order valence-corrected chi connectivity index (χ4v) is 4.62. The van der Waals surface area contributed by atoms with Crippen molar-refractivity contribution in [3.8, 4) is 0 Å². The van der Waals surface area contributed by atoms with Gasteiger partial charge in [0.25, 0.3) is 0 Å². The van der Waals surface area contributed by atoms with Crippen molar-refractivity contribution in [2.24, 2.45) is 5.92 Å². The van der Waals surface area contributed by atoms with E-state index in [1.807, 2.05) is 12.1 Å². The quantitative estimate of drug-likeness (QED) is 0.405. The number of unbranched alkanes of at least 4 members (excludes halogenated alkanes) is 3. The molecule has 1 heterocycles. The summed E-state index contributed by atoms with van der Waals surface area (Å²) in [7, 11) is 0. The van der Waals surface area contributed by atoms with Gasteiger partial charge in [0.2, 0.25) is 0 Å². The molecule has 2 heteroatoms. The first-order valence-electron chi connectivity index (χ1n) is 8.87. The van der Waals surface area contributed by atoms with Gasteiger partial charge in [0.1, 0.15) is 0 Å². The van der Waals surface area contributed by atoms with E-state index in [0.717, 1.165) is 17.4 Å². The lowest BCUT2D eigenvalue weighted by molar-refractivity contribution is 0.481. The fourth-order valence-electron chi connectivity index (χ4n) is 3.21. The van der Waals surface area contributed by atoms with Crippen LogP contribution in [0.1, 0.15) is 63.9 Å². The van der Waals surface area contributed by atoms with Crippen LogP contribution < -0.4 is 0 Å². The van der Waals surface area contributed by atoms with Gasteiger partial charge in [0, 0.05) is 10.8 Å². The van der Waals surface area contributed by atoms with Gasteiger partial charge in [0.15, 0.2) is 0 Å². The maximum atomic E-state index is 6.27. The Morgan fingerprint density at radius 2 is 1.91 bits per heavy atom. The Hall–Kier alpha value is -0.400. The second kappa shape index (κ2) is 10.4. The van der Waals surface area contributed by atoms with Gasteiger partial charge < -0.3 is 0 Å². The van der Waals surface area contributed by atoms with Crippen LogP contribution in [0, 0.1) is 5.92 Å². The lowest BCUT2D eigenvalue weighted by atomic mass is 9.93. The van der Waals surface area contributed by atoms with E-state index in [-0.39, 0.29) is 0 Å². The van der Waals surface area contributed by atoms with E-state index in [0.29, 0.717) is 0 Å². The van der Waals surface area contributed by atoms with Gasteiger partial charge in [-0.1, -0.05) is 68.5 Å². The number of thioether (sulfide) groups is 1. The molecule has 0 saturated heterocycles. The van der Waals surface area contributed by atoms with Gasteiger partial charge in [0.05, 0.1) is 0 Å².